The fourth-order valence-corrected chi connectivity index (χ4v) is 4.74. The van der Waals surface area contributed by atoms with E-state index < -0.39 is 33.8 Å². The van der Waals surface area contributed by atoms with Crippen LogP contribution in [0.5, 0.6) is 0 Å². The van der Waals surface area contributed by atoms with E-state index in [1.165, 1.54) is 47.5 Å². The molecule has 0 bridgehead atoms. The largest absolute Gasteiger partial charge is 0.323 e. The smallest absolute Gasteiger partial charge is 0.322 e. The number of benzene rings is 2. The van der Waals surface area contributed by atoms with Crippen molar-refractivity contribution in [2.24, 2.45) is 5.14 Å². The third kappa shape index (κ3) is 5.59. The molecule has 2 heterocycles. The molecule has 12 heteroatoms. The Morgan fingerprint density at radius 3 is 2.57 bits per heavy atom. The molecule has 4 rings (SSSR count). The monoisotopic (exact) mass is 517 g/mol. The van der Waals surface area contributed by atoms with Crippen LogP contribution in [0, 0.1) is 5.82 Å². The van der Waals surface area contributed by atoms with Crippen LogP contribution in [0.15, 0.2) is 65.7 Å². The van der Waals surface area contributed by atoms with Gasteiger partial charge in [0.2, 0.25) is 15.9 Å². The molecule has 1 atom stereocenters. The van der Waals surface area contributed by atoms with Gasteiger partial charge in [-0.15, -0.1) is 0 Å². The number of nitrogens with zero attached hydrogens (tertiary/aromatic N) is 2. The Morgan fingerprint density at radius 1 is 1.11 bits per heavy atom. The number of halogens is 2. The number of sulfonamides is 1. The Bertz CT molecular complexity index is 1380. The molecule has 3 amide bonds. The van der Waals surface area contributed by atoms with Crippen LogP contribution in [0.1, 0.15) is 12.8 Å². The van der Waals surface area contributed by atoms with Gasteiger partial charge in [0.05, 0.1) is 15.6 Å². The second-order valence-electron chi connectivity index (χ2n) is 7.87. The number of amides is 3. The highest BCUT2D eigenvalue weighted by atomic mass is 35.5. The lowest BCUT2D eigenvalue weighted by Gasteiger charge is -2.24. The van der Waals surface area contributed by atoms with E-state index in [0.29, 0.717) is 24.4 Å². The minimum atomic E-state index is -4.02. The van der Waals surface area contributed by atoms with Gasteiger partial charge in [-0.1, -0.05) is 35.9 Å². The number of nitrogens with one attached hydrogen (secondary N) is 2. The molecule has 1 aliphatic heterocycles. The van der Waals surface area contributed by atoms with Gasteiger partial charge in [0.25, 0.3) is 0 Å². The standard InChI is InChI=1S/C23H21ClFN5O4S/c24-15-8-10-21(27-13-15)29-23(32)30-11-3-5-19(30)22(31)28-18-9-7-14(12-17(18)25)16-4-1-2-6-20(16)35(26,33)34/h1-2,4,6-10,12-13,19H,3,5,11H2,(H,28,31)(H2,26,33,34)(H,27,29,32). The van der Waals surface area contributed by atoms with E-state index in [4.69, 9.17) is 16.7 Å². The third-order valence-corrected chi connectivity index (χ3v) is 6.70. The van der Waals surface area contributed by atoms with Gasteiger partial charge in [-0.25, -0.2) is 27.7 Å². The molecule has 0 radical (unpaired) electrons. The molecule has 0 saturated carbocycles. The molecular formula is C23H21ClFN5O4S. The van der Waals surface area contributed by atoms with Gasteiger partial charge < -0.3 is 10.2 Å². The second-order valence-corrected chi connectivity index (χ2v) is 9.83. The number of carbonyl (C=O) groups excluding carboxylic acids is 2. The van der Waals surface area contributed by atoms with E-state index in [0.717, 1.165) is 6.07 Å². The molecule has 35 heavy (non-hydrogen) atoms. The maximum atomic E-state index is 14.9. The number of carbonyl (C=O) groups is 2. The van der Waals surface area contributed by atoms with Crippen molar-refractivity contribution >= 4 is 45.1 Å². The topological polar surface area (TPSA) is 134 Å². The van der Waals surface area contributed by atoms with Crippen molar-refractivity contribution in [3.8, 4) is 11.1 Å². The predicted molar refractivity (Wildman–Crippen MR) is 130 cm³/mol. The summed E-state index contributed by atoms with van der Waals surface area (Å²) in [6, 6.07) is 11.7. The zero-order valence-corrected chi connectivity index (χ0v) is 19.8. The Labute approximate surface area is 206 Å². The van der Waals surface area contributed by atoms with Crippen molar-refractivity contribution in [3.05, 3.63) is 71.6 Å². The van der Waals surface area contributed by atoms with Gasteiger partial charge in [-0.2, -0.15) is 0 Å². The highest BCUT2D eigenvalue weighted by Crippen LogP contribution is 2.30. The van der Waals surface area contributed by atoms with Crippen LogP contribution >= 0.6 is 11.6 Å². The molecule has 182 valence electrons. The van der Waals surface area contributed by atoms with Gasteiger partial charge in [-0.3, -0.25) is 10.1 Å². The van der Waals surface area contributed by atoms with Crippen molar-refractivity contribution < 1.29 is 22.4 Å². The lowest BCUT2D eigenvalue weighted by Crippen LogP contribution is -2.45. The molecule has 0 aliphatic carbocycles. The summed E-state index contributed by atoms with van der Waals surface area (Å²) in [5.74, 6) is -1.02. The fraction of sp³-hybridized carbons (Fsp3) is 0.174. The molecule has 1 aromatic heterocycles. The number of urea groups is 1. The van der Waals surface area contributed by atoms with Crippen LogP contribution in [0.25, 0.3) is 11.1 Å². The molecule has 0 spiro atoms. The van der Waals surface area contributed by atoms with Crippen LogP contribution in [-0.2, 0) is 14.8 Å². The minimum absolute atomic E-state index is 0.0986. The van der Waals surface area contributed by atoms with Crippen molar-refractivity contribution in [2.75, 3.05) is 17.2 Å². The van der Waals surface area contributed by atoms with Crippen LogP contribution in [0.2, 0.25) is 5.02 Å². The van der Waals surface area contributed by atoms with Gasteiger partial charge >= 0.3 is 6.03 Å². The van der Waals surface area contributed by atoms with E-state index in [1.807, 2.05) is 0 Å². The summed E-state index contributed by atoms with van der Waals surface area (Å²) in [7, 11) is -4.02. The summed E-state index contributed by atoms with van der Waals surface area (Å²) in [5, 5.41) is 10.8. The first-order valence-electron chi connectivity index (χ1n) is 10.6. The average Bonchev–Trinajstić information content (AvgIpc) is 3.32. The molecule has 3 aromatic rings. The highest BCUT2D eigenvalue weighted by Gasteiger charge is 2.34. The minimum Gasteiger partial charge on any atom is -0.322 e. The molecular weight excluding hydrogens is 497 g/mol. The number of hydrogen-bond acceptors (Lipinski definition) is 5. The number of likely N-dealkylation sites (tertiary alicyclic amines) is 1. The summed E-state index contributed by atoms with van der Waals surface area (Å²) in [6.07, 6.45) is 2.40. The summed E-state index contributed by atoms with van der Waals surface area (Å²) in [4.78, 5) is 30.8. The number of primary sulfonamides is 1. The Balaban J connectivity index is 1.49. The Hall–Kier alpha value is -3.54. The molecule has 1 fully saturated rings. The third-order valence-electron chi connectivity index (χ3n) is 5.51. The number of pyridine rings is 1. The molecule has 1 unspecified atom stereocenters. The Morgan fingerprint density at radius 2 is 1.89 bits per heavy atom. The van der Waals surface area contributed by atoms with E-state index in [2.05, 4.69) is 15.6 Å². The number of rotatable bonds is 5. The first-order chi connectivity index (χ1) is 16.6. The molecule has 1 saturated heterocycles. The quantitative estimate of drug-likeness (QED) is 0.473. The van der Waals surface area contributed by atoms with E-state index in [1.54, 1.807) is 12.1 Å². The van der Waals surface area contributed by atoms with E-state index in [-0.39, 0.29) is 27.5 Å². The first kappa shape index (κ1) is 24.6. The van der Waals surface area contributed by atoms with Crippen LogP contribution in [0.3, 0.4) is 0 Å². The molecule has 1 aliphatic rings. The lowest BCUT2D eigenvalue weighted by molar-refractivity contribution is -0.119. The summed E-state index contributed by atoms with van der Waals surface area (Å²) >= 11 is 5.80. The van der Waals surface area contributed by atoms with Crippen molar-refractivity contribution in [1.82, 2.24) is 9.88 Å². The Kier molecular flexibility index (Phi) is 7.01. The highest BCUT2D eigenvalue weighted by molar-refractivity contribution is 7.89. The number of aromatic nitrogens is 1. The molecule has 4 N–H and O–H groups in total. The van der Waals surface area contributed by atoms with Gasteiger partial charge in [0.15, 0.2) is 0 Å². The maximum absolute atomic E-state index is 14.9. The molecule has 2 aromatic carbocycles. The second kappa shape index (κ2) is 9.98. The van der Waals surface area contributed by atoms with Crippen LogP contribution in [-0.4, -0.2) is 42.8 Å². The summed E-state index contributed by atoms with van der Waals surface area (Å²) in [6.45, 7) is 0.350. The summed E-state index contributed by atoms with van der Waals surface area (Å²) < 4.78 is 38.6. The SMILES string of the molecule is NS(=O)(=O)c1ccccc1-c1ccc(NC(=O)C2CCCN2C(=O)Nc2ccc(Cl)cn2)c(F)c1. The zero-order chi connectivity index (χ0) is 25.2. The van der Waals surface area contributed by atoms with E-state index >= 15 is 0 Å². The van der Waals surface area contributed by atoms with Gasteiger partial charge in [0.1, 0.15) is 17.7 Å². The summed E-state index contributed by atoms with van der Waals surface area (Å²) in [5.41, 5.74) is 0.419. The normalized spacial score (nSPS) is 15.6. The van der Waals surface area contributed by atoms with Crippen molar-refractivity contribution in [2.45, 2.75) is 23.8 Å². The number of hydrogen-bond donors (Lipinski definition) is 3. The van der Waals surface area contributed by atoms with Crippen molar-refractivity contribution in [3.63, 3.8) is 0 Å². The number of nitrogens with two attached hydrogens (primary N) is 1. The van der Waals surface area contributed by atoms with Crippen LogP contribution < -0.4 is 15.8 Å². The van der Waals surface area contributed by atoms with Gasteiger partial charge in [0, 0.05) is 18.3 Å². The number of anilines is 2. The maximum Gasteiger partial charge on any atom is 0.323 e. The first-order valence-corrected chi connectivity index (χ1v) is 12.5. The average molecular weight is 518 g/mol. The van der Waals surface area contributed by atoms with Crippen LogP contribution in [0.4, 0.5) is 20.7 Å². The lowest BCUT2D eigenvalue weighted by atomic mass is 10.0. The predicted octanol–water partition coefficient (Wildman–Crippen LogP) is 3.82. The zero-order valence-electron chi connectivity index (χ0n) is 18.2. The van der Waals surface area contributed by atoms with E-state index in [9.17, 15) is 22.4 Å². The van der Waals surface area contributed by atoms with Gasteiger partial charge in [-0.05, 0) is 48.7 Å². The van der Waals surface area contributed by atoms with Crippen molar-refractivity contribution in [1.29, 1.82) is 0 Å². The molecule has 9 nitrogen and oxygen atoms in total. The fourth-order valence-electron chi connectivity index (χ4n) is 3.87.